The van der Waals surface area contributed by atoms with Crippen molar-refractivity contribution in [1.82, 2.24) is 0 Å². The van der Waals surface area contributed by atoms with Gasteiger partial charge in [0.05, 0.1) is 11.4 Å². The Kier molecular flexibility index (Phi) is 7.20. The summed E-state index contributed by atoms with van der Waals surface area (Å²) >= 11 is 1.18. The van der Waals surface area contributed by atoms with Gasteiger partial charge in [0.1, 0.15) is 4.90 Å². The molecule has 2 aromatic rings. The number of anilines is 2. The third-order valence-electron chi connectivity index (χ3n) is 4.85. The standard InChI is InChI=1S/C22H27N3O3S2/c1-4-6-14-25-19-12-7-8-13-20(19)30(27,28)23-22(25)29-16-21(26)24(5-2)18-11-9-10-17(3)15-18/h7-13,15H,4-6,14,16H2,1-3H3. The number of carbonyl (C=O) groups excluding carboxylic acids is 1. The molecular formula is C22H27N3O3S2. The zero-order valence-electron chi connectivity index (χ0n) is 17.5. The summed E-state index contributed by atoms with van der Waals surface area (Å²) in [6.07, 6.45) is 1.87. The molecule has 0 aromatic heterocycles. The number of benzene rings is 2. The summed E-state index contributed by atoms with van der Waals surface area (Å²) in [6.45, 7) is 7.19. The minimum atomic E-state index is -3.78. The number of amides is 1. The van der Waals surface area contributed by atoms with Crippen LogP contribution < -0.4 is 9.80 Å². The van der Waals surface area contributed by atoms with Crippen LogP contribution >= 0.6 is 11.8 Å². The van der Waals surface area contributed by atoms with E-state index in [9.17, 15) is 13.2 Å². The van der Waals surface area contributed by atoms with E-state index in [4.69, 9.17) is 0 Å². The van der Waals surface area contributed by atoms with Gasteiger partial charge in [-0.05, 0) is 50.1 Å². The van der Waals surface area contributed by atoms with Crippen LogP contribution in [-0.4, -0.2) is 38.3 Å². The van der Waals surface area contributed by atoms with Gasteiger partial charge in [0.15, 0.2) is 5.17 Å². The number of sulfonamides is 1. The van der Waals surface area contributed by atoms with E-state index in [1.807, 2.05) is 49.1 Å². The van der Waals surface area contributed by atoms with Crippen LogP contribution in [0.15, 0.2) is 57.8 Å². The predicted molar refractivity (Wildman–Crippen MR) is 125 cm³/mol. The van der Waals surface area contributed by atoms with Crippen molar-refractivity contribution in [3.63, 3.8) is 0 Å². The number of para-hydroxylation sites is 1. The summed E-state index contributed by atoms with van der Waals surface area (Å²) in [5.74, 6) is 0.0310. The number of hydrogen-bond acceptors (Lipinski definition) is 5. The number of nitrogens with zero attached hydrogens (tertiary/aromatic N) is 3. The van der Waals surface area contributed by atoms with Gasteiger partial charge in [0.25, 0.3) is 10.0 Å². The van der Waals surface area contributed by atoms with Gasteiger partial charge in [-0.25, -0.2) is 0 Å². The van der Waals surface area contributed by atoms with Crippen LogP contribution in [0.25, 0.3) is 0 Å². The lowest BCUT2D eigenvalue weighted by molar-refractivity contribution is -0.116. The Labute approximate surface area is 183 Å². The van der Waals surface area contributed by atoms with Crippen molar-refractivity contribution in [2.75, 3.05) is 28.6 Å². The highest BCUT2D eigenvalue weighted by Crippen LogP contribution is 2.34. The fourth-order valence-corrected chi connectivity index (χ4v) is 5.70. The molecule has 0 N–H and O–H groups in total. The highest BCUT2D eigenvalue weighted by molar-refractivity contribution is 8.15. The second kappa shape index (κ2) is 9.66. The number of carbonyl (C=O) groups is 1. The lowest BCUT2D eigenvalue weighted by Crippen LogP contribution is -2.37. The van der Waals surface area contributed by atoms with E-state index < -0.39 is 10.0 Å². The normalized spacial score (nSPS) is 14.8. The molecule has 0 fully saturated rings. The molecule has 6 nitrogen and oxygen atoms in total. The molecule has 0 aliphatic carbocycles. The lowest BCUT2D eigenvalue weighted by atomic mass is 10.2. The Morgan fingerprint density at radius 3 is 2.60 bits per heavy atom. The number of fused-ring (bicyclic) bond motifs is 1. The molecule has 2 aromatic carbocycles. The maximum absolute atomic E-state index is 12.9. The average Bonchev–Trinajstić information content (AvgIpc) is 2.72. The molecule has 30 heavy (non-hydrogen) atoms. The second-order valence-corrected chi connectivity index (χ2v) is 9.60. The molecule has 8 heteroatoms. The first-order chi connectivity index (χ1) is 14.4. The van der Waals surface area contributed by atoms with Gasteiger partial charge in [-0.15, -0.1) is 4.40 Å². The number of amidine groups is 1. The topological polar surface area (TPSA) is 70.1 Å². The maximum Gasteiger partial charge on any atom is 0.286 e. The van der Waals surface area contributed by atoms with Crippen molar-refractivity contribution in [2.45, 2.75) is 38.5 Å². The summed E-state index contributed by atoms with van der Waals surface area (Å²) < 4.78 is 29.4. The summed E-state index contributed by atoms with van der Waals surface area (Å²) in [4.78, 5) is 16.8. The van der Waals surface area contributed by atoms with Crippen molar-refractivity contribution in [3.8, 4) is 0 Å². The third kappa shape index (κ3) is 4.87. The fourth-order valence-electron chi connectivity index (χ4n) is 3.34. The van der Waals surface area contributed by atoms with Crippen LogP contribution in [0.3, 0.4) is 0 Å². The summed E-state index contributed by atoms with van der Waals surface area (Å²) in [6, 6.07) is 14.7. The molecule has 3 rings (SSSR count). The highest BCUT2D eigenvalue weighted by Gasteiger charge is 2.31. The zero-order valence-corrected chi connectivity index (χ0v) is 19.2. The van der Waals surface area contributed by atoms with Crippen molar-refractivity contribution in [1.29, 1.82) is 0 Å². The van der Waals surface area contributed by atoms with E-state index in [-0.39, 0.29) is 16.6 Å². The molecule has 0 unspecified atom stereocenters. The molecule has 1 aliphatic heterocycles. The average molecular weight is 446 g/mol. The van der Waals surface area contributed by atoms with Gasteiger partial charge in [-0.1, -0.05) is 49.4 Å². The van der Waals surface area contributed by atoms with E-state index >= 15 is 0 Å². The van der Waals surface area contributed by atoms with Crippen LogP contribution in [0.5, 0.6) is 0 Å². The molecular weight excluding hydrogens is 418 g/mol. The Morgan fingerprint density at radius 2 is 1.90 bits per heavy atom. The summed E-state index contributed by atoms with van der Waals surface area (Å²) in [5.41, 5.74) is 2.55. The largest absolute Gasteiger partial charge is 0.319 e. The Bertz CT molecular complexity index is 1050. The molecule has 1 amide bonds. The monoisotopic (exact) mass is 445 g/mol. The highest BCUT2D eigenvalue weighted by atomic mass is 32.2. The predicted octanol–water partition coefficient (Wildman–Crippen LogP) is 4.45. The van der Waals surface area contributed by atoms with E-state index in [1.165, 1.54) is 11.8 Å². The summed E-state index contributed by atoms with van der Waals surface area (Å²) in [7, 11) is -3.78. The first-order valence-electron chi connectivity index (χ1n) is 10.1. The van der Waals surface area contributed by atoms with Gasteiger partial charge >= 0.3 is 0 Å². The van der Waals surface area contributed by atoms with Crippen molar-refractivity contribution in [3.05, 3.63) is 54.1 Å². The van der Waals surface area contributed by atoms with E-state index in [2.05, 4.69) is 11.3 Å². The van der Waals surface area contributed by atoms with Crippen LogP contribution in [-0.2, 0) is 14.8 Å². The van der Waals surface area contributed by atoms with E-state index in [0.717, 1.165) is 24.1 Å². The van der Waals surface area contributed by atoms with Crippen molar-refractivity contribution < 1.29 is 13.2 Å². The van der Waals surface area contributed by atoms with E-state index in [1.54, 1.807) is 23.1 Å². The number of hydrogen-bond donors (Lipinski definition) is 0. The number of aryl methyl sites for hydroxylation is 1. The van der Waals surface area contributed by atoms with Gasteiger partial charge in [-0.3, -0.25) is 4.79 Å². The smallest absolute Gasteiger partial charge is 0.286 e. The van der Waals surface area contributed by atoms with Gasteiger partial charge < -0.3 is 9.80 Å². The molecule has 1 heterocycles. The van der Waals surface area contributed by atoms with Gasteiger partial charge in [0.2, 0.25) is 5.91 Å². The first kappa shape index (κ1) is 22.4. The maximum atomic E-state index is 12.9. The molecule has 0 bridgehead atoms. The molecule has 0 radical (unpaired) electrons. The molecule has 0 saturated heterocycles. The van der Waals surface area contributed by atoms with Crippen LogP contribution in [0.4, 0.5) is 11.4 Å². The minimum Gasteiger partial charge on any atom is -0.319 e. The number of unbranched alkanes of at least 4 members (excludes halogenated alkanes) is 1. The molecule has 0 spiro atoms. The molecule has 0 atom stereocenters. The minimum absolute atomic E-state index is 0.0810. The Hall–Kier alpha value is -2.32. The first-order valence-corrected chi connectivity index (χ1v) is 12.5. The van der Waals surface area contributed by atoms with Crippen molar-refractivity contribution in [2.24, 2.45) is 4.40 Å². The molecule has 0 saturated carbocycles. The van der Waals surface area contributed by atoms with E-state index in [0.29, 0.717) is 23.9 Å². The van der Waals surface area contributed by atoms with Gasteiger partial charge in [-0.2, -0.15) is 8.42 Å². The molecule has 160 valence electrons. The van der Waals surface area contributed by atoms with Crippen LogP contribution in [0.2, 0.25) is 0 Å². The summed E-state index contributed by atoms with van der Waals surface area (Å²) in [5, 5.41) is 0.357. The van der Waals surface area contributed by atoms with Gasteiger partial charge in [0, 0.05) is 18.8 Å². The lowest BCUT2D eigenvalue weighted by Gasteiger charge is -2.30. The van der Waals surface area contributed by atoms with Crippen LogP contribution in [0.1, 0.15) is 32.3 Å². The second-order valence-electron chi connectivity index (χ2n) is 7.09. The SMILES string of the molecule is CCCCN1C(SCC(=O)N(CC)c2cccc(C)c2)=NS(=O)(=O)c2ccccc21. The Morgan fingerprint density at radius 1 is 1.13 bits per heavy atom. The third-order valence-corrected chi connectivity index (χ3v) is 7.24. The molecule has 1 aliphatic rings. The fraction of sp³-hybridized carbons (Fsp3) is 0.364. The quantitative estimate of drug-likeness (QED) is 0.630. The Balaban J connectivity index is 1.83. The van der Waals surface area contributed by atoms with Crippen molar-refractivity contribution >= 4 is 44.2 Å². The van der Waals surface area contributed by atoms with Crippen LogP contribution in [0, 0.1) is 6.92 Å². The number of rotatable bonds is 7. The number of thioether (sulfide) groups is 1. The zero-order chi connectivity index (χ0) is 21.7.